The van der Waals surface area contributed by atoms with Gasteiger partial charge in [-0.1, -0.05) is 29.8 Å². The number of carbonyl (C=O) groups is 1. The van der Waals surface area contributed by atoms with Crippen LogP contribution in [0.4, 0.5) is 4.79 Å². The lowest BCUT2D eigenvalue weighted by Gasteiger charge is -2.40. The van der Waals surface area contributed by atoms with E-state index in [1.165, 1.54) is 12.8 Å². The van der Waals surface area contributed by atoms with E-state index in [1.54, 1.807) is 0 Å². The zero-order valence-electron chi connectivity index (χ0n) is 12.7. The molecule has 1 unspecified atom stereocenters. The molecule has 1 aliphatic carbocycles. The summed E-state index contributed by atoms with van der Waals surface area (Å²) in [7, 11) is 0. The first-order chi connectivity index (χ1) is 8.63. The number of amides is 1. The number of hydrogen-bond acceptors (Lipinski definition) is 2. The number of hydrogen-bond donors (Lipinski definition) is 0. The fourth-order valence-corrected chi connectivity index (χ4v) is 3.49. The quantitative estimate of drug-likeness (QED) is 0.730. The Labute approximate surface area is 125 Å². The zero-order valence-corrected chi connectivity index (χ0v) is 14.3. The molecule has 0 aromatic heterocycles. The summed E-state index contributed by atoms with van der Waals surface area (Å²) in [6.07, 6.45) is 2.23. The van der Waals surface area contributed by atoms with E-state index in [2.05, 4.69) is 29.8 Å². The predicted octanol–water partition coefficient (Wildman–Crippen LogP) is 4.05. The lowest BCUT2D eigenvalue weighted by Crippen LogP contribution is -2.44. The Kier molecular flexibility index (Phi) is 3.94. The minimum Gasteiger partial charge on any atom is -0.444 e. The largest absolute Gasteiger partial charge is 0.444 e. The van der Waals surface area contributed by atoms with E-state index in [0.29, 0.717) is 23.3 Å². The van der Waals surface area contributed by atoms with Crippen LogP contribution in [0.3, 0.4) is 0 Å². The fraction of sp³-hybridized carbons (Fsp3) is 0.933. The Morgan fingerprint density at radius 3 is 2.47 bits per heavy atom. The number of nitrogens with zero attached hydrogens (tertiary/aromatic N) is 1. The molecular weight excluding hydrogens is 306 g/mol. The lowest BCUT2D eigenvalue weighted by atomic mass is 9.67. The number of halogens is 1. The molecule has 3 nitrogen and oxygen atoms in total. The molecule has 4 heteroatoms. The Morgan fingerprint density at radius 1 is 1.32 bits per heavy atom. The van der Waals surface area contributed by atoms with Crippen LogP contribution in [0, 0.1) is 17.3 Å². The summed E-state index contributed by atoms with van der Waals surface area (Å²) in [5.41, 5.74) is -0.0831. The highest BCUT2D eigenvalue weighted by Crippen LogP contribution is 2.51. The molecule has 2 heterocycles. The minimum absolute atomic E-state index is 0.126. The van der Waals surface area contributed by atoms with E-state index in [9.17, 15) is 4.79 Å². The van der Waals surface area contributed by atoms with Crippen LogP contribution in [0.1, 0.15) is 47.5 Å². The van der Waals surface area contributed by atoms with Crippen molar-refractivity contribution in [2.45, 2.75) is 59.1 Å². The highest BCUT2D eigenvalue weighted by molar-refractivity contribution is 9.09. The summed E-state index contributed by atoms with van der Waals surface area (Å²) in [6, 6.07) is 0.415. The van der Waals surface area contributed by atoms with Crippen LogP contribution in [0.25, 0.3) is 0 Å². The molecule has 0 aromatic carbocycles. The highest BCUT2D eigenvalue weighted by atomic mass is 79.9. The summed E-state index contributed by atoms with van der Waals surface area (Å²) >= 11 is 3.59. The molecule has 0 N–H and O–H groups in total. The van der Waals surface area contributed by atoms with Crippen LogP contribution in [-0.2, 0) is 4.74 Å². The lowest BCUT2D eigenvalue weighted by molar-refractivity contribution is 0.0175. The molecule has 0 aromatic rings. The first-order valence-electron chi connectivity index (χ1n) is 7.18. The summed E-state index contributed by atoms with van der Waals surface area (Å²) in [5, 5.41) is 1.02. The monoisotopic (exact) mass is 331 g/mol. The van der Waals surface area contributed by atoms with Gasteiger partial charge in [-0.3, -0.25) is 0 Å². The third kappa shape index (κ3) is 3.26. The van der Waals surface area contributed by atoms with Gasteiger partial charge in [-0.25, -0.2) is 4.79 Å². The van der Waals surface area contributed by atoms with Crippen LogP contribution in [0.5, 0.6) is 0 Å². The second-order valence-electron chi connectivity index (χ2n) is 7.86. The maximum Gasteiger partial charge on any atom is 0.410 e. The second-order valence-corrected chi connectivity index (χ2v) is 8.42. The summed E-state index contributed by atoms with van der Waals surface area (Å²) in [6.45, 7) is 11.3. The molecule has 0 radical (unpaired) electrons. The van der Waals surface area contributed by atoms with E-state index >= 15 is 0 Å². The van der Waals surface area contributed by atoms with Crippen molar-refractivity contribution in [2.75, 3.05) is 11.9 Å². The molecule has 1 saturated carbocycles. The van der Waals surface area contributed by atoms with Crippen molar-refractivity contribution in [3.05, 3.63) is 0 Å². The summed E-state index contributed by atoms with van der Waals surface area (Å²) < 4.78 is 5.50. The third-order valence-electron chi connectivity index (χ3n) is 4.25. The fourth-order valence-electron chi connectivity index (χ4n) is 3.26. The van der Waals surface area contributed by atoms with Crippen molar-refractivity contribution in [3.63, 3.8) is 0 Å². The topological polar surface area (TPSA) is 29.5 Å². The van der Waals surface area contributed by atoms with Gasteiger partial charge in [-0.05, 0) is 50.9 Å². The number of fused-ring (bicyclic) bond motifs is 1. The maximum atomic E-state index is 12.2. The Hall–Kier alpha value is -0.250. The van der Waals surface area contributed by atoms with Crippen molar-refractivity contribution in [1.82, 2.24) is 4.90 Å². The average molecular weight is 332 g/mol. The molecule has 3 rings (SSSR count). The van der Waals surface area contributed by atoms with Crippen LogP contribution in [0.15, 0.2) is 0 Å². The van der Waals surface area contributed by atoms with E-state index in [0.717, 1.165) is 11.9 Å². The highest BCUT2D eigenvalue weighted by Gasteiger charge is 2.55. The first-order valence-corrected chi connectivity index (χ1v) is 8.31. The van der Waals surface area contributed by atoms with E-state index in [-0.39, 0.29) is 6.09 Å². The predicted molar refractivity (Wildman–Crippen MR) is 80.5 cm³/mol. The van der Waals surface area contributed by atoms with Crippen molar-refractivity contribution < 1.29 is 9.53 Å². The normalized spacial score (nSPS) is 30.2. The number of ether oxygens (including phenoxy) is 1. The zero-order chi connectivity index (χ0) is 14.4. The van der Waals surface area contributed by atoms with Gasteiger partial charge < -0.3 is 9.64 Å². The van der Waals surface area contributed by atoms with Crippen LogP contribution in [-0.4, -0.2) is 34.5 Å². The van der Waals surface area contributed by atoms with Crippen molar-refractivity contribution >= 4 is 22.0 Å². The average Bonchev–Trinajstić information content (AvgIpc) is 2.81. The number of alkyl halides is 1. The van der Waals surface area contributed by atoms with Crippen LogP contribution in [0.2, 0.25) is 0 Å². The molecule has 19 heavy (non-hydrogen) atoms. The standard InChI is InChI=1S/C15H26BrNO2/c1-14(2,3)19-13(18)17-8-10-6-12(17)11(10)7-15(4,5)9-16/h10-12H,6-9H2,1-5H3/t10-,11?,12-/m0/s1. The third-order valence-corrected chi connectivity index (χ3v) is 5.77. The smallest absolute Gasteiger partial charge is 0.410 e. The SMILES string of the molecule is CC(C)(CBr)CC1[C@H]2C[C@@H]1N(C(=O)OC(C)(C)C)C2. The molecule has 0 spiro atoms. The van der Waals surface area contributed by atoms with Gasteiger partial charge in [0, 0.05) is 17.9 Å². The number of rotatable bonds is 3. The summed E-state index contributed by atoms with van der Waals surface area (Å²) in [5.74, 6) is 1.36. The summed E-state index contributed by atoms with van der Waals surface area (Å²) in [4.78, 5) is 14.1. The van der Waals surface area contributed by atoms with Gasteiger partial charge in [0.15, 0.2) is 0 Å². The molecule has 2 bridgehead atoms. The van der Waals surface area contributed by atoms with E-state index in [1.807, 2.05) is 25.7 Å². The Bertz CT molecular complexity index is 362. The molecule has 1 amide bonds. The first kappa shape index (κ1) is 15.1. The molecule has 2 saturated heterocycles. The molecular formula is C15H26BrNO2. The second kappa shape index (κ2) is 4.94. The van der Waals surface area contributed by atoms with Gasteiger partial charge >= 0.3 is 6.09 Å². The van der Waals surface area contributed by atoms with E-state index in [4.69, 9.17) is 4.74 Å². The maximum absolute atomic E-state index is 12.2. The van der Waals surface area contributed by atoms with Gasteiger partial charge in [0.25, 0.3) is 0 Å². The van der Waals surface area contributed by atoms with Crippen molar-refractivity contribution in [3.8, 4) is 0 Å². The van der Waals surface area contributed by atoms with Gasteiger partial charge in [0.2, 0.25) is 0 Å². The van der Waals surface area contributed by atoms with Crippen molar-refractivity contribution in [2.24, 2.45) is 17.3 Å². The van der Waals surface area contributed by atoms with Gasteiger partial charge in [0.1, 0.15) is 5.60 Å². The van der Waals surface area contributed by atoms with Gasteiger partial charge in [0.05, 0.1) is 0 Å². The van der Waals surface area contributed by atoms with Crippen LogP contribution >= 0.6 is 15.9 Å². The minimum atomic E-state index is -0.394. The van der Waals surface area contributed by atoms with Gasteiger partial charge in [-0.15, -0.1) is 0 Å². The Balaban J connectivity index is 1.94. The van der Waals surface area contributed by atoms with Gasteiger partial charge in [-0.2, -0.15) is 0 Å². The Morgan fingerprint density at radius 2 is 1.95 bits per heavy atom. The molecule has 110 valence electrons. The molecule has 3 fully saturated rings. The van der Waals surface area contributed by atoms with Crippen molar-refractivity contribution in [1.29, 1.82) is 0 Å². The van der Waals surface area contributed by atoms with Crippen LogP contribution < -0.4 is 0 Å². The number of carbonyl (C=O) groups excluding carboxylic acids is 1. The molecule has 3 atom stereocenters. The molecule has 3 aliphatic rings. The molecule has 2 aliphatic heterocycles. The van der Waals surface area contributed by atoms with E-state index < -0.39 is 5.60 Å².